The molecule has 0 unspecified atom stereocenters. The van der Waals surface area contributed by atoms with Crippen LogP contribution in [0.4, 0.5) is 4.39 Å². The molecule has 0 saturated heterocycles. The van der Waals surface area contributed by atoms with Crippen LogP contribution < -0.4 is 9.47 Å². The van der Waals surface area contributed by atoms with Crippen LogP contribution in [0.3, 0.4) is 0 Å². The lowest BCUT2D eigenvalue weighted by atomic mass is 10.2. The fourth-order valence-corrected chi connectivity index (χ4v) is 3.79. The third-order valence-corrected chi connectivity index (χ3v) is 5.17. The van der Waals surface area contributed by atoms with Gasteiger partial charge in [0.15, 0.2) is 17.4 Å². The van der Waals surface area contributed by atoms with Gasteiger partial charge in [0, 0.05) is 12.6 Å². The average molecular weight is 391 g/mol. The SMILES string of the molecule is CCOc1ccc2c(c1)C(N(C)/N=C/c1ccc(F)c(OC)c1)=NS2(=O)=O. The number of hydrogen-bond acceptors (Lipinski definition) is 6. The Morgan fingerprint density at radius 3 is 2.74 bits per heavy atom. The molecule has 0 fully saturated rings. The van der Waals surface area contributed by atoms with Crippen LogP contribution in [0.5, 0.6) is 11.5 Å². The molecule has 0 radical (unpaired) electrons. The fourth-order valence-electron chi connectivity index (χ4n) is 2.58. The lowest BCUT2D eigenvalue weighted by Gasteiger charge is -2.13. The lowest BCUT2D eigenvalue weighted by Crippen LogP contribution is -2.21. The first kappa shape index (κ1) is 18.8. The molecule has 0 spiro atoms. The number of fused-ring (bicyclic) bond motifs is 1. The maximum atomic E-state index is 13.5. The van der Waals surface area contributed by atoms with Gasteiger partial charge in [-0.3, -0.25) is 0 Å². The zero-order valence-electron chi connectivity index (χ0n) is 15.0. The van der Waals surface area contributed by atoms with Crippen molar-refractivity contribution in [1.82, 2.24) is 5.01 Å². The first-order valence-electron chi connectivity index (χ1n) is 8.09. The van der Waals surface area contributed by atoms with E-state index in [2.05, 4.69) is 9.50 Å². The van der Waals surface area contributed by atoms with Crippen LogP contribution in [0.2, 0.25) is 0 Å². The number of rotatable bonds is 5. The summed E-state index contributed by atoms with van der Waals surface area (Å²) in [5.41, 5.74) is 1.00. The Bertz CT molecular complexity index is 1030. The summed E-state index contributed by atoms with van der Waals surface area (Å²) in [6.45, 7) is 2.30. The number of hydrazone groups is 1. The Hall–Kier alpha value is -2.94. The summed E-state index contributed by atoms with van der Waals surface area (Å²) >= 11 is 0. The van der Waals surface area contributed by atoms with Crippen LogP contribution in [-0.2, 0) is 10.0 Å². The van der Waals surface area contributed by atoms with E-state index in [9.17, 15) is 12.8 Å². The normalized spacial score (nSPS) is 14.7. The molecule has 7 nitrogen and oxygen atoms in total. The predicted octanol–water partition coefficient (Wildman–Crippen LogP) is 2.65. The summed E-state index contributed by atoms with van der Waals surface area (Å²) in [5.74, 6) is 0.333. The molecular weight excluding hydrogens is 373 g/mol. The van der Waals surface area contributed by atoms with E-state index in [1.165, 1.54) is 42.6 Å². The van der Waals surface area contributed by atoms with Gasteiger partial charge < -0.3 is 9.47 Å². The molecule has 1 heterocycles. The van der Waals surface area contributed by atoms with E-state index < -0.39 is 15.8 Å². The number of sulfonamides is 1. The van der Waals surface area contributed by atoms with Gasteiger partial charge >= 0.3 is 0 Å². The zero-order chi connectivity index (χ0) is 19.6. The number of halogens is 1. The Labute approximate surface area is 156 Å². The first-order chi connectivity index (χ1) is 12.9. The van der Waals surface area contributed by atoms with Crippen LogP contribution in [0.25, 0.3) is 0 Å². The second-order valence-corrected chi connectivity index (χ2v) is 7.22. The van der Waals surface area contributed by atoms with E-state index in [4.69, 9.17) is 9.47 Å². The standard InChI is InChI=1S/C18H18FN3O4S/c1-4-26-13-6-8-17-14(10-13)18(21-27(17,23)24)22(2)20-11-12-5-7-15(19)16(9-12)25-3/h5-11H,4H2,1-3H3/b20-11+. The molecule has 1 aliphatic heterocycles. The maximum absolute atomic E-state index is 13.5. The Morgan fingerprint density at radius 2 is 2.04 bits per heavy atom. The van der Waals surface area contributed by atoms with Gasteiger partial charge in [0.1, 0.15) is 10.6 Å². The molecule has 142 valence electrons. The second-order valence-electron chi connectivity index (χ2n) is 5.64. The second kappa shape index (κ2) is 7.36. The fraction of sp³-hybridized carbons (Fsp3) is 0.222. The van der Waals surface area contributed by atoms with Crippen molar-refractivity contribution in [2.24, 2.45) is 9.50 Å². The van der Waals surface area contributed by atoms with Gasteiger partial charge in [-0.15, -0.1) is 4.40 Å². The van der Waals surface area contributed by atoms with Crippen molar-refractivity contribution in [3.05, 3.63) is 53.3 Å². The van der Waals surface area contributed by atoms with Crippen molar-refractivity contribution in [3.8, 4) is 11.5 Å². The van der Waals surface area contributed by atoms with Gasteiger partial charge in [-0.25, -0.2) is 9.40 Å². The number of benzene rings is 2. The monoisotopic (exact) mass is 391 g/mol. The van der Waals surface area contributed by atoms with Gasteiger partial charge in [0.25, 0.3) is 10.0 Å². The highest BCUT2D eigenvalue weighted by Gasteiger charge is 2.31. The highest BCUT2D eigenvalue weighted by Crippen LogP contribution is 2.30. The summed E-state index contributed by atoms with van der Waals surface area (Å²) in [6, 6.07) is 8.96. The van der Waals surface area contributed by atoms with Crippen molar-refractivity contribution < 1.29 is 22.3 Å². The van der Waals surface area contributed by atoms with Crippen molar-refractivity contribution in [3.63, 3.8) is 0 Å². The van der Waals surface area contributed by atoms with Gasteiger partial charge in [-0.2, -0.15) is 13.5 Å². The Morgan fingerprint density at radius 1 is 1.26 bits per heavy atom. The quantitative estimate of drug-likeness (QED) is 0.578. The van der Waals surface area contributed by atoms with E-state index in [1.807, 2.05) is 6.92 Å². The average Bonchev–Trinajstić information content (AvgIpc) is 2.92. The van der Waals surface area contributed by atoms with Gasteiger partial charge in [0.05, 0.1) is 19.9 Å². The van der Waals surface area contributed by atoms with E-state index >= 15 is 0 Å². The van der Waals surface area contributed by atoms with Crippen molar-refractivity contribution in [2.75, 3.05) is 20.8 Å². The molecule has 27 heavy (non-hydrogen) atoms. The number of hydrogen-bond donors (Lipinski definition) is 0. The van der Waals surface area contributed by atoms with Gasteiger partial charge in [-0.1, -0.05) is 6.07 Å². The molecule has 0 bridgehead atoms. The van der Waals surface area contributed by atoms with Crippen LogP contribution >= 0.6 is 0 Å². The third-order valence-electron chi connectivity index (χ3n) is 3.85. The number of amidine groups is 1. The zero-order valence-corrected chi connectivity index (χ0v) is 15.8. The first-order valence-corrected chi connectivity index (χ1v) is 9.53. The van der Waals surface area contributed by atoms with Crippen LogP contribution in [0, 0.1) is 5.82 Å². The smallest absolute Gasteiger partial charge is 0.285 e. The Kier molecular flexibility index (Phi) is 5.13. The molecule has 2 aromatic rings. The molecule has 0 saturated carbocycles. The summed E-state index contributed by atoms with van der Waals surface area (Å²) in [5, 5.41) is 5.56. The number of nitrogens with zero attached hydrogens (tertiary/aromatic N) is 3. The molecule has 0 amide bonds. The van der Waals surface area contributed by atoms with E-state index in [1.54, 1.807) is 19.2 Å². The maximum Gasteiger partial charge on any atom is 0.285 e. The predicted molar refractivity (Wildman–Crippen MR) is 99.6 cm³/mol. The van der Waals surface area contributed by atoms with Crippen molar-refractivity contribution >= 4 is 22.1 Å². The minimum absolute atomic E-state index is 0.0917. The van der Waals surface area contributed by atoms with E-state index in [-0.39, 0.29) is 16.5 Å². The largest absolute Gasteiger partial charge is 0.494 e. The van der Waals surface area contributed by atoms with E-state index in [0.717, 1.165) is 0 Å². The molecule has 0 aliphatic carbocycles. The summed E-state index contributed by atoms with van der Waals surface area (Å²) < 4.78 is 52.2. The highest BCUT2D eigenvalue weighted by atomic mass is 32.2. The van der Waals surface area contributed by atoms with Gasteiger partial charge in [0.2, 0.25) is 0 Å². The topological polar surface area (TPSA) is 80.6 Å². The van der Waals surface area contributed by atoms with Gasteiger partial charge in [-0.05, 0) is 42.8 Å². The molecule has 0 aromatic heterocycles. The molecule has 2 aromatic carbocycles. The molecular formula is C18H18FN3O4S. The van der Waals surface area contributed by atoms with Crippen LogP contribution in [-0.4, -0.2) is 46.2 Å². The van der Waals surface area contributed by atoms with E-state index in [0.29, 0.717) is 23.5 Å². The number of methoxy groups -OCH3 is 1. The minimum atomic E-state index is -3.78. The number of ether oxygens (including phenoxy) is 2. The summed E-state index contributed by atoms with van der Waals surface area (Å²) in [6.07, 6.45) is 1.46. The minimum Gasteiger partial charge on any atom is -0.494 e. The third kappa shape index (κ3) is 3.77. The van der Waals surface area contributed by atoms with Crippen molar-refractivity contribution in [2.45, 2.75) is 11.8 Å². The Balaban J connectivity index is 1.92. The molecule has 1 aliphatic rings. The molecule has 9 heteroatoms. The molecule has 3 rings (SSSR count). The van der Waals surface area contributed by atoms with Crippen LogP contribution in [0.1, 0.15) is 18.1 Å². The summed E-state index contributed by atoms with van der Waals surface area (Å²) in [4.78, 5) is 0.103. The molecule has 0 atom stereocenters. The summed E-state index contributed by atoms with van der Waals surface area (Å²) in [7, 11) is -0.835. The highest BCUT2D eigenvalue weighted by molar-refractivity contribution is 7.90. The van der Waals surface area contributed by atoms with Crippen LogP contribution in [0.15, 0.2) is 50.8 Å². The molecule has 0 N–H and O–H groups in total. The van der Waals surface area contributed by atoms with Crippen molar-refractivity contribution in [1.29, 1.82) is 0 Å². The lowest BCUT2D eigenvalue weighted by molar-refractivity contribution is 0.340.